The van der Waals surface area contributed by atoms with Crippen molar-refractivity contribution in [3.05, 3.63) is 0 Å². The number of carbonyl (C=O) groups is 8. The monoisotopic (exact) mass is 1000 g/mol. The molecule has 0 rings (SSSR count). The van der Waals surface area contributed by atoms with Crippen molar-refractivity contribution in [2.24, 2.45) is 0 Å². The van der Waals surface area contributed by atoms with E-state index in [0.29, 0.717) is 38.6 Å². The summed E-state index contributed by atoms with van der Waals surface area (Å²) in [6.45, 7) is 11.4. The molecule has 0 aliphatic carbocycles. The molecule has 0 saturated carbocycles. The fourth-order valence-electron chi connectivity index (χ4n) is 8.20. The predicted molar refractivity (Wildman–Crippen MR) is 286 cm³/mol. The van der Waals surface area contributed by atoms with Gasteiger partial charge in [-0.05, 0) is 32.1 Å². The van der Waals surface area contributed by atoms with Gasteiger partial charge in [-0.3, -0.25) is 38.4 Å². The summed E-state index contributed by atoms with van der Waals surface area (Å²) in [7, 11) is 1.72. The van der Waals surface area contributed by atoms with E-state index in [1.807, 2.05) is 0 Å². The van der Waals surface area contributed by atoms with Gasteiger partial charge in [-0.15, -0.1) is 0 Å². The van der Waals surface area contributed by atoms with Crippen molar-refractivity contribution >= 4 is 47.3 Å². The van der Waals surface area contributed by atoms with Crippen molar-refractivity contribution in [2.45, 2.75) is 227 Å². The number of amides is 8. The summed E-state index contributed by atoms with van der Waals surface area (Å²) >= 11 is 0. The van der Waals surface area contributed by atoms with E-state index in [9.17, 15) is 38.4 Å². The molecule has 0 saturated heterocycles. The Labute approximate surface area is 431 Å². The van der Waals surface area contributed by atoms with Crippen LogP contribution in [0.2, 0.25) is 0 Å². The standard InChI is InChI=1S/C55H104N8O8/c1-7-12-17-22-23-24-25-26-27-32-48(64)56-38-42-61(53(69)34-29-19-14-9-3)46-50(66)58-40-44-63(55(71)36-31-21-16-11-5)47-51(67)59-39-43-62(54(70)35-30-20-15-10-4)45-49(65)57-37-41-60(6)52(68)33-28-18-13-8-2/h7-47H2,1-6H3,(H,56,64)(H,57,65)(H,58,66)(H,59,67). The van der Waals surface area contributed by atoms with Crippen molar-refractivity contribution in [3.63, 3.8) is 0 Å². The highest BCUT2D eigenvalue weighted by atomic mass is 16.2. The van der Waals surface area contributed by atoms with Crippen LogP contribution in [0.1, 0.15) is 227 Å². The maximum absolute atomic E-state index is 13.5. The molecule has 4 N–H and O–H groups in total. The Hall–Kier alpha value is -4.24. The lowest BCUT2D eigenvalue weighted by atomic mass is 10.1. The Balaban J connectivity index is 5.45. The number of nitrogens with one attached hydrogen (secondary N) is 4. The molecule has 0 atom stereocenters. The van der Waals surface area contributed by atoms with Gasteiger partial charge in [0.1, 0.15) is 0 Å². The quantitative estimate of drug-likeness (QED) is 0.0438. The van der Waals surface area contributed by atoms with E-state index in [1.54, 1.807) is 11.9 Å². The largest absolute Gasteiger partial charge is 0.354 e. The molecule has 16 nitrogen and oxygen atoms in total. The molecule has 8 amide bonds. The topological polar surface area (TPSA) is 198 Å². The first kappa shape index (κ1) is 66.8. The summed E-state index contributed by atoms with van der Waals surface area (Å²) in [5.41, 5.74) is 0. The summed E-state index contributed by atoms with van der Waals surface area (Å²) < 4.78 is 0. The summed E-state index contributed by atoms with van der Waals surface area (Å²) in [5, 5.41) is 11.4. The second-order valence-electron chi connectivity index (χ2n) is 19.5. The van der Waals surface area contributed by atoms with Crippen LogP contribution < -0.4 is 21.3 Å². The third kappa shape index (κ3) is 39.0. The second kappa shape index (κ2) is 46.8. The number of rotatable bonds is 48. The van der Waals surface area contributed by atoms with E-state index >= 15 is 0 Å². The molecule has 0 aliphatic heterocycles. The van der Waals surface area contributed by atoms with Crippen molar-refractivity contribution in [2.75, 3.05) is 79.0 Å². The smallest absolute Gasteiger partial charge is 0.239 e. The predicted octanol–water partition coefficient (Wildman–Crippen LogP) is 8.20. The Morgan fingerprint density at radius 1 is 0.282 bits per heavy atom. The highest BCUT2D eigenvalue weighted by Gasteiger charge is 2.22. The zero-order valence-electron chi connectivity index (χ0n) is 46.0. The van der Waals surface area contributed by atoms with Gasteiger partial charge >= 0.3 is 0 Å². The number of hydrogen-bond donors (Lipinski definition) is 4. The average Bonchev–Trinajstić information content (AvgIpc) is 3.35. The zero-order chi connectivity index (χ0) is 52.7. The highest BCUT2D eigenvalue weighted by molar-refractivity contribution is 5.87. The van der Waals surface area contributed by atoms with Crippen LogP contribution in [-0.4, -0.2) is 146 Å². The Morgan fingerprint density at radius 3 is 0.845 bits per heavy atom. The average molecular weight is 1010 g/mol. The molecule has 0 aliphatic rings. The summed E-state index contributed by atoms with van der Waals surface area (Å²) in [5.74, 6) is -1.74. The minimum absolute atomic E-state index is 0.0355. The first-order chi connectivity index (χ1) is 34.3. The van der Waals surface area contributed by atoms with E-state index in [1.165, 1.54) is 53.2 Å². The lowest BCUT2D eigenvalue weighted by Crippen LogP contribution is -2.48. The van der Waals surface area contributed by atoms with Crippen molar-refractivity contribution in [3.8, 4) is 0 Å². The number of nitrogens with zero attached hydrogens (tertiary/aromatic N) is 4. The summed E-state index contributed by atoms with van der Waals surface area (Å²) in [6.07, 6.45) is 27.2. The number of unbranched alkanes of at least 4 members (excludes halogenated alkanes) is 20. The molecule has 16 heteroatoms. The SMILES string of the molecule is CCCCCCCCCCCC(=O)NCCN(CC(=O)NCCN(CC(=O)NCCN(CC(=O)NCCN(C)C(=O)CCCCCC)C(=O)CCCCCC)C(=O)CCCCCC)C(=O)CCCCCC. The molecule has 0 bridgehead atoms. The maximum Gasteiger partial charge on any atom is 0.239 e. The number of hydrogen-bond acceptors (Lipinski definition) is 8. The normalized spacial score (nSPS) is 10.9. The second-order valence-corrected chi connectivity index (χ2v) is 19.5. The minimum atomic E-state index is -0.430. The Morgan fingerprint density at radius 2 is 0.521 bits per heavy atom. The van der Waals surface area contributed by atoms with Crippen LogP contribution in [0.3, 0.4) is 0 Å². The van der Waals surface area contributed by atoms with E-state index in [4.69, 9.17) is 0 Å². The fourth-order valence-corrected chi connectivity index (χ4v) is 8.20. The maximum atomic E-state index is 13.5. The van der Waals surface area contributed by atoms with E-state index < -0.39 is 11.8 Å². The van der Waals surface area contributed by atoms with E-state index in [-0.39, 0.29) is 114 Å². The van der Waals surface area contributed by atoms with E-state index in [0.717, 1.165) is 109 Å². The van der Waals surface area contributed by atoms with Crippen molar-refractivity contribution in [1.82, 2.24) is 40.9 Å². The van der Waals surface area contributed by atoms with E-state index in [2.05, 4.69) is 55.9 Å². The van der Waals surface area contributed by atoms with Crippen molar-refractivity contribution in [1.29, 1.82) is 0 Å². The van der Waals surface area contributed by atoms with Crippen LogP contribution >= 0.6 is 0 Å². The molecule has 71 heavy (non-hydrogen) atoms. The summed E-state index contributed by atoms with van der Waals surface area (Å²) in [4.78, 5) is 111. The van der Waals surface area contributed by atoms with Gasteiger partial charge in [0.25, 0.3) is 0 Å². The first-order valence-electron chi connectivity index (χ1n) is 28.5. The van der Waals surface area contributed by atoms with Gasteiger partial charge in [-0.2, -0.15) is 0 Å². The molecule has 0 aromatic rings. The fraction of sp³-hybridized carbons (Fsp3) is 0.855. The molecule has 0 radical (unpaired) electrons. The highest BCUT2D eigenvalue weighted by Crippen LogP contribution is 2.12. The van der Waals surface area contributed by atoms with Gasteiger partial charge in [-0.1, -0.05) is 163 Å². The van der Waals surface area contributed by atoms with Gasteiger partial charge in [0.05, 0.1) is 19.6 Å². The van der Waals surface area contributed by atoms with Crippen LogP contribution in [-0.2, 0) is 38.4 Å². The Kier molecular flexibility index (Phi) is 44.0. The van der Waals surface area contributed by atoms with Gasteiger partial charge in [-0.25, -0.2) is 0 Å². The number of likely N-dealkylation sites (N-methyl/N-ethyl adjacent to an activating group) is 1. The Bertz CT molecular complexity index is 1450. The lowest BCUT2D eigenvalue weighted by molar-refractivity contribution is -0.137. The molecule has 412 valence electrons. The molecular weight excluding hydrogens is 901 g/mol. The number of carbonyl (C=O) groups excluding carboxylic acids is 8. The van der Waals surface area contributed by atoms with Gasteiger partial charge in [0, 0.05) is 91.5 Å². The zero-order valence-corrected chi connectivity index (χ0v) is 46.0. The van der Waals surface area contributed by atoms with Gasteiger partial charge < -0.3 is 40.9 Å². The molecule has 0 spiro atoms. The van der Waals surface area contributed by atoms with Crippen LogP contribution in [0.4, 0.5) is 0 Å². The minimum Gasteiger partial charge on any atom is -0.354 e. The van der Waals surface area contributed by atoms with Crippen LogP contribution in [0, 0.1) is 0 Å². The molecule has 0 heterocycles. The molecule has 0 aromatic heterocycles. The van der Waals surface area contributed by atoms with Gasteiger partial charge in [0.2, 0.25) is 47.3 Å². The molecular formula is C55H104N8O8. The first-order valence-corrected chi connectivity index (χ1v) is 28.5. The molecule has 0 aromatic carbocycles. The molecule has 0 fully saturated rings. The molecule has 0 unspecified atom stereocenters. The van der Waals surface area contributed by atoms with Crippen LogP contribution in [0.15, 0.2) is 0 Å². The third-order valence-electron chi connectivity index (χ3n) is 12.9. The summed E-state index contributed by atoms with van der Waals surface area (Å²) in [6, 6.07) is 0. The van der Waals surface area contributed by atoms with Gasteiger partial charge in [0.15, 0.2) is 0 Å². The van der Waals surface area contributed by atoms with Crippen molar-refractivity contribution < 1.29 is 38.4 Å². The third-order valence-corrected chi connectivity index (χ3v) is 12.9. The van der Waals surface area contributed by atoms with Crippen LogP contribution in [0.5, 0.6) is 0 Å². The van der Waals surface area contributed by atoms with Crippen LogP contribution in [0.25, 0.3) is 0 Å². The lowest BCUT2D eigenvalue weighted by Gasteiger charge is -2.25.